The molecule has 1 heterocycles. The number of ether oxygens (including phenoxy) is 1. The molecule has 1 aromatic heterocycles. The van der Waals surface area contributed by atoms with Gasteiger partial charge < -0.3 is 10.1 Å². The lowest BCUT2D eigenvalue weighted by Gasteiger charge is -2.33. The maximum atomic E-state index is 12.3. The van der Waals surface area contributed by atoms with Crippen molar-refractivity contribution in [2.75, 3.05) is 18.2 Å². The second-order valence-corrected chi connectivity index (χ2v) is 8.95. The fourth-order valence-corrected chi connectivity index (χ4v) is 5.07. The first-order valence-electron chi connectivity index (χ1n) is 9.17. The van der Waals surface area contributed by atoms with E-state index in [2.05, 4.69) is 36.3 Å². The van der Waals surface area contributed by atoms with Crippen LogP contribution in [0.15, 0.2) is 29.4 Å². The number of methoxy groups -OCH3 is 1. The fraction of sp³-hybridized carbons (Fsp3) is 0.500. The number of thioether (sulfide) groups is 1. The Morgan fingerprint density at radius 3 is 2.85 bits per heavy atom. The van der Waals surface area contributed by atoms with E-state index in [1.54, 1.807) is 7.11 Å². The number of nitrogens with one attached hydrogen (secondary N) is 1. The van der Waals surface area contributed by atoms with Crippen molar-refractivity contribution in [2.45, 2.75) is 50.1 Å². The number of hydrogen-bond acceptors (Lipinski definition) is 6. The summed E-state index contributed by atoms with van der Waals surface area (Å²) in [6.45, 7) is 6.90. The van der Waals surface area contributed by atoms with Gasteiger partial charge in [-0.1, -0.05) is 44.7 Å². The highest BCUT2D eigenvalue weighted by molar-refractivity contribution is 7.99. The molecule has 2 bridgehead atoms. The van der Waals surface area contributed by atoms with Gasteiger partial charge in [-0.25, -0.2) is 4.98 Å². The molecule has 1 saturated carbocycles. The van der Waals surface area contributed by atoms with Crippen molar-refractivity contribution < 1.29 is 9.53 Å². The van der Waals surface area contributed by atoms with Gasteiger partial charge in [0.05, 0.1) is 29.9 Å². The number of para-hydroxylation sites is 2. The summed E-state index contributed by atoms with van der Waals surface area (Å²) in [6, 6.07) is 7.35. The molecule has 27 heavy (non-hydrogen) atoms. The molecule has 1 aromatic carbocycles. The van der Waals surface area contributed by atoms with Crippen LogP contribution >= 0.6 is 11.8 Å². The number of hydrogen-bond donors (Lipinski definition) is 1. The largest absolute Gasteiger partial charge is 0.495 e. The minimum atomic E-state index is -0.123. The number of rotatable bonds is 5. The molecule has 2 aliphatic carbocycles. The number of benzene rings is 1. The van der Waals surface area contributed by atoms with E-state index >= 15 is 0 Å². The second-order valence-electron chi connectivity index (χ2n) is 8.01. The zero-order chi connectivity index (χ0) is 19.2. The van der Waals surface area contributed by atoms with Crippen LogP contribution in [0.25, 0.3) is 0 Å². The summed E-state index contributed by atoms with van der Waals surface area (Å²) in [5.41, 5.74) is 2.98. The highest BCUT2D eigenvalue weighted by Crippen LogP contribution is 2.66. The molecule has 1 fully saturated rings. The normalized spacial score (nSPS) is 24.5. The van der Waals surface area contributed by atoms with Gasteiger partial charge in [-0.2, -0.15) is 5.10 Å². The topological polar surface area (TPSA) is 77.0 Å². The van der Waals surface area contributed by atoms with Crippen LogP contribution in [0.5, 0.6) is 5.75 Å². The average molecular weight is 385 g/mol. The molecule has 7 heteroatoms. The zero-order valence-electron chi connectivity index (χ0n) is 16.1. The molecular formula is C20H24N4O2S. The summed E-state index contributed by atoms with van der Waals surface area (Å²) >= 11 is 1.32. The van der Waals surface area contributed by atoms with Crippen LogP contribution in [0.2, 0.25) is 0 Å². The molecule has 6 nitrogen and oxygen atoms in total. The van der Waals surface area contributed by atoms with Crippen molar-refractivity contribution in [3.63, 3.8) is 0 Å². The zero-order valence-corrected chi connectivity index (χ0v) is 16.9. The first kappa shape index (κ1) is 18.2. The Balaban J connectivity index is 1.46. The summed E-state index contributed by atoms with van der Waals surface area (Å²) in [5.74, 6) is 1.17. The minimum Gasteiger partial charge on any atom is -0.495 e. The maximum absolute atomic E-state index is 12.3. The third-order valence-corrected chi connectivity index (χ3v) is 7.32. The third-order valence-electron chi connectivity index (χ3n) is 6.49. The van der Waals surface area contributed by atoms with Gasteiger partial charge in [-0.05, 0) is 30.4 Å². The van der Waals surface area contributed by atoms with Crippen LogP contribution in [-0.2, 0) is 10.2 Å². The van der Waals surface area contributed by atoms with E-state index in [1.165, 1.54) is 11.8 Å². The average Bonchev–Trinajstić information content (AvgIpc) is 2.99. The van der Waals surface area contributed by atoms with E-state index in [-0.39, 0.29) is 22.5 Å². The summed E-state index contributed by atoms with van der Waals surface area (Å²) in [7, 11) is 1.58. The molecule has 2 aromatic rings. The number of carbonyl (C=O) groups is 1. The molecule has 2 atom stereocenters. The molecule has 0 saturated heterocycles. The van der Waals surface area contributed by atoms with E-state index in [4.69, 9.17) is 9.72 Å². The standard InChI is InChI=1S/C20H24N4O2S/c1-19(2)12-9-10-20(19,3)17-16(12)23-24-18(22-17)27-11-15(25)21-13-7-5-6-8-14(13)26-4/h5-8,12H,9-11H2,1-4H3,(H,21,25)/t12-,20+/m1/s1. The van der Waals surface area contributed by atoms with Crippen LogP contribution in [0.3, 0.4) is 0 Å². The highest BCUT2D eigenvalue weighted by atomic mass is 32.2. The maximum Gasteiger partial charge on any atom is 0.234 e. The Kier molecular flexibility index (Phi) is 4.37. The Morgan fingerprint density at radius 1 is 1.30 bits per heavy atom. The van der Waals surface area contributed by atoms with Crippen LogP contribution in [0.1, 0.15) is 50.9 Å². The van der Waals surface area contributed by atoms with Crippen molar-refractivity contribution in [1.29, 1.82) is 0 Å². The van der Waals surface area contributed by atoms with E-state index in [0.29, 0.717) is 22.5 Å². The molecule has 1 N–H and O–H groups in total. The molecule has 0 radical (unpaired) electrons. The summed E-state index contributed by atoms with van der Waals surface area (Å²) < 4.78 is 5.26. The van der Waals surface area contributed by atoms with Gasteiger partial charge in [0.15, 0.2) is 0 Å². The monoisotopic (exact) mass is 384 g/mol. The number of fused-ring (bicyclic) bond motifs is 5. The van der Waals surface area contributed by atoms with Crippen molar-refractivity contribution in [3.8, 4) is 5.75 Å². The Morgan fingerprint density at radius 2 is 2.07 bits per heavy atom. The molecule has 0 unspecified atom stereocenters. The van der Waals surface area contributed by atoms with Crippen LogP contribution in [-0.4, -0.2) is 34.0 Å². The lowest BCUT2D eigenvalue weighted by atomic mass is 9.70. The third kappa shape index (κ3) is 2.79. The smallest absolute Gasteiger partial charge is 0.234 e. The summed E-state index contributed by atoms with van der Waals surface area (Å²) in [6.07, 6.45) is 2.29. The van der Waals surface area contributed by atoms with E-state index in [0.717, 1.165) is 24.2 Å². The van der Waals surface area contributed by atoms with Crippen molar-refractivity contribution >= 4 is 23.4 Å². The predicted molar refractivity (Wildman–Crippen MR) is 105 cm³/mol. The molecule has 0 aliphatic heterocycles. The van der Waals surface area contributed by atoms with Gasteiger partial charge in [0.25, 0.3) is 0 Å². The number of aromatic nitrogens is 3. The lowest BCUT2D eigenvalue weighted by Crippen LogP contribution is -2.32. The highest BCUT2D eigenvalue weighted by Gasteiger charge is 2.61. The first-order valence-corrected chi connectivity index (χ1v) is 10.2. The summed E-state index contributed by atoms with van der Waals surface area (Å²) in [5, 5.41) is 12.2. The quantitative estimate of drug-likeness (QED) is 0.791. The molecule has 1 amide bonds. The Labute approximate surface area is 163 Å². The van der Waals surface area contributed by atoms with Gasteiger partial charge in [0, 0.05) is 11.3 Å². The summed E-state index contributed by atoms with van der Waals surface area (Å²) in [4.78, 5) is 17.1. The van der Waals surface area contributed by atoms with Gasteiger partial charge in [-0.3, -0.25) is 4.79 Å². The molecule has 4 rings (SSSR count). The Hall–Kier alpha value is -2.15. The number of carbonyl (C=O) groups excluding carboxylic acids is 1. The SMILES string of the molecule is COc1ccccc1NC(=O)CSc1nnc2c(n1)[C@]1(C)CC[C@H]2C1(C)C. The minimum absolute atomic E-state index is 0.0396. The van der Waals surface area contributed by atoms with Gasteiger partial charge in [-0.15, -0.1) is 5.10 Å². The van der Waals surface area contributed by atoms with Gasteiger partial charge in [0.2, 0.25) is 11.1 Å². The van der Waals surface area contributed by atoms with Crippen molar-refractivity contribution in [3.05, 3.63) is 35.7 Å². The first-order chi connectivity index (χ1) is 12.9. The van der Waals surface area contributed by atoms with Crippen LogP contribution < -0.4 is 10.1 Å². The number of nitrogens with zero attached hydrogens (tertiary/aromatic N) is 3. The van der Waals surface area contributed by atoms with Gasteiger partial charge >= 0.3 is 0 Å². The van der Waals surface area contributed by atoms with E-state index in [1.807, 2.05) is 24.3 Å². The van der Waals surface area contributed by atoms with E-state index in [9.17, 15) is 4.79 Å². The van der Waals surface area contributed by atoms with E-state index < -0.39 is 0 Å². The molecule has 0 spiro atoms. The van der Waals surface area contributed by atoms with Crippen molar-refractivity contribution in [1.82, 2.24) is 15.2 Å². The Bertz CT molecular complexity index is 901. The molecule has 142 valence electrons. The second kappa shape index (κ2) is 6.48. The van der Waals surface area contributed by atoms with Crippen LogP contribution in [0, 0.1) is 5.41 Å². The number of amides is 1. The van der Waals surface area contributed by atoms with Gasteiger partial charge in [0.1, 0.15) is 5.75 Å². The number of anilines is 1. The lowest BCUT2D eigenvalue weighted by molar-refractivity contribution is -0.113. The van der Waals surface area contributed by atoms with Crippen LogP contribution in [0.4, 0.5) is 5.69 Å². The molecule has 2 aliphatic rings. The molecular weight excluding hydrogens is 360 g/mol. The van der Waals surface area contributed by atoms with Crippen molar-refractivity contribution in [2.24, 2.45) is 5.41 Å². The fourth-order valence-electron chi connectivity index (χ4n) is 4.49. The predicted octanol–water partition coefficient (Wildman–Crippen LogP) is 3.79.